The van der Waals surface area contributed by atoms with Crippen LogP contribution in [-0.4, -0.2) is 62.8 Å². The zero-order valence-corrected chi connectivity index (χ0v) is 17.5. The summed E-state index contributed by atoms with van der Waals surface area (Å²) in [5, 5.41) is 7.06. The van der Waals surface area contributed by atoms with E-state index in [0.717, 1.165) is 44.1 Å². The van der Waals surface area contributed by atoms with E-state index < -0.39 is 0 Å². The Morgan fingerprint density at radius 3 is 2.54 bits per heavy atom. The molecule has 1 unspecified atom stereocenters. The molecule has 6 heteroatoms. The van der Waals surface area contributed by atoms with E-state index in [4.69, 9.17) is 9.73 Å². The van der Waals surface area contributed by atoms with Gasteiger partial charge in [0, 0.05) is 45.4 Å². The van der Waals surface area contributed by atoms with Crippen molar-refractivity contribution in [3.8, 4) is 0 Å². The summed E-state index contributed by atoms with van der Waals surface area (Å²) in [6, 6.07) is 0.574. The van der Waals surface area contributed by atoms with E-state index in [1.807, 2.05) is 0 Å². The second-order valence-electron chi connectivity index (χ2n) is 7.44. The van der Waals surface area contributed by atoms with Crippen molar-refractivity contribution in [2.24, 2.45) is 16.8 Å². The van der Waals surface area contributed by atoms with Gasteiger partial charge in [-0.05, 0) is 44.4 Å². The van der Waals surface area contributed by atoms with Crippen LogP contribution in [0.2, 0.25) is 0 Å². The molecule has 1 aliphatic carbocycles. The fraction of sp³-hybridized carbons (Fsp3) is 0.944. The summed E-state index contributed by atoms with van der Waals surface area (Å²) in [5.74, 6) is 2.75. The third kappa shape index (κ3) is 7.04. The summed E-state index contributed by atoms with van der Waals surface area (Å²) in [6.07, 6.45) is 7.80. The zero-order chi connectivity index (χ0) is 15.9. The van der Waals surface area contributed by atoms with Gasteiger partial charge in [0.25, 0.3) is 0 Å². The molecule has 0 spiro atoms. The number of hydrogen-bond acceptors (Lipinski definition) is 3. The number of nitrogens with one attached hydrogen (secondary N) is 2. The highest BCUT2D eigenvalue weighted by Gasteiger charge is 2.24. The summed E-state index contributed by atoms with van der Waals surface area (Å²) in [4.78, 5) is 7.37. The van der Waals surface area contributed by atoms with Crippen molar-refractivity contribution in [2.75, 3.05) is 45.9 Å². The van der Waals surface area contributed by atoms with Crippen molar-refractivity contribution in [1.82, 2.24) is 15.5 Å². The monoisotopic (exact) mass is 450 g/mol. The minimum absolute atomic E-state index is 0. The van der Waals surface area contributed by atoms with Gasteiger partial charge in [0.2, 0.25) is 0 Å². The molecular weight excluding hydrogens is 415 g/mol. The summed E-state index contributed by atoms with van der Waals surface area (Å²) < 4.78 is 5.49. The molecule has 1 saturated carbocycles. The second-order valence-corrected chi connectivity index (χ2v) is 7.44. The first kappa shape index (κ1) is 20.2. The average molecular weight is 450 g/mol. The van der Waals surface area contributed by atoms with E-state index in [1.54, 1.807) is 0 Å². The molecule has 0 aromatic rings. The zero-order valence-electron chi connectivity index (χ0n) is 15.1. The van der Waals surface area contributed by atoms with Crippen molar-refractivity contribution in [3.05, 3.63) is 0 Å². The summed E-state index contributed by atoms with van der Waals surface area (Å²) >= 11 is 0. The molecule has 24 heavy (non-hydrogen) atoms. The van der Waals surface area contributed by atoms with Gasteiger partial charge >= 0.3 is 0 Å². The normalized spacial score (nSPS) is 26.2. The first-order valence-corrected chi connectivity index (χ1v) is 9.68. The van der Waals surface area contributed by atoms with Crippen molar-refractivity contribution in [2.45, 2.75) is 51.5 Å². The number of ether oxygens (including phenoxy) is 1. The van der Waals surface area contributed by atoms with Crippen molar-refractivity contribution < 1.29 is 4.74 Å². The maximum atomic E-state index is 5.49. The van der Waals surface area contributed by atoms with Crippen LogP contribution in [0.1, 0.15) is 45.4 Å². The number of guanidine groups is 1. The summed E-state index contributed by atoms with van der Waals surface area (Å²) in [6.45, 7) is 9.62. The Morgan fingerprint density at radius 1 is 1.12 bits per heavy atom. The van der Waals surface area contributed by atoms with Crippen LogP contribution in [0.3, 0.4) is 0 Å². The quantitative estimate of drug-likeness (QED) is 0.356. The minimum Gasteiger partial charge on any atom is -0.381 e. The smallest absolute Gasteiger partial charge is 0.191 e. The molecule has 0 amide bonds. The highest BCUT2D eigenvalue weighted by Crippen LogP contribution is 2.32. The molecule has 0 radical (unpaired) electrons. The Morgan fingerprint density at radius 2 is 1.92 bits per heavy atom. The van der Waals surface area contributed by atoms with Gasteiger partial charge in [0.1, 0.15) is 0 Å². The molecule has 2 saturated heterocycles. The number of rotatable bonds is 7. The lowest BCUT2D eigenvalue weighted by atomic mass is 10.0. The number of aliphatic imine (C=N–C) groups is 1. The average Bonchev–Trinajstić information content (AvgIpc) is 3.24. The predicted octanol–water partition coefficient (Wildman–Crippen LogP) is 2.46. The van der Waals surface area contributed by atoms with E-state index in [-0.39, 0.29) is 24.0 Å². The molecule has 0 aromatic heterocycles. The van der Waals surface area contributed by atoms with E-state index in [0.29, 0.717) is 6.04 Å². The molecule has 140 valence electrons. The molecule has 3 fully saturated rings. The van der Waals surface area contributed by atoms with E-state index in [2.05, 4.69) is 22.5 Å². The topological polar surface area (TPSA) is 48.9 Å². The third-order valence-electron chi connectivity index (χ3n) is 5.32. The van der Waals surface area contributed by atoms with Gasteiger partial charge in [-0.25, -0.2) is 0 Å². The number of nitrogens with zero attached hydrogens (tertiary/aromatic N) is 2. The summed E-state index contributed by atoms with van der Waals surface area (Å²) in [7, 11) is 0. The Balaban J connectivity index is 0.00000208. The first-order chi connectivity index (χ1) is 11.3. The van der Waals surface area contributed by atoms with Crippen LogP contribution in [0.5, 0.6) is 0 Å². The van der Waals surface area contributed by atoms with Crippen LogP contribution in [0.25, 0.3) is 0 Å². The minimum atomic E-state index is 0. The Labute approximate surface area is 164 Å². The SMILES string of the molecule is CCNC(=NCCC1CC1)NC1CCN(CC2CCOC2)CC1.I. The predicted molar refractivity (Wildman–Crippen MR) is 110 cm³/mol. The fourth-order valence-electron chi connectivity index (χ4n) is 3.63. The van der Waals surface area contributed by atoms with Crippen LogP contribution >= 0.6 is 24.0 Å². The molecule has 3 rings (SSSR count). The van der Waals surface area contributed by atoms with Gasteiger partial charge in [-0.1, -0.05) is 12.8 Å². The van der Waals surface area contributed by atoms with Gasteiger partial charge in [0.15, 0.2) is 5.96 Å². The van der Waals surface area contributed by atoms with Crippen LogP contribution in [0, 0.1) is 11.8 Å². The van der Waals surface area contributed by atoms with Crippen molar-refractivity contribution in [1.29, 1.82) is 0 Å². The molecule has 1 atom stereocenters. The Hall–Kier alpha value is -0.0800. The lowest BCUT2D eigenvalue weighted by molar-refractivity contribution is 0.150. The van der Waals surface area contributed by atoms with E-state index in [1.165, 1.54) is 58.2 Å². The Kier molecular flexibility index (Phi) is 9.11. The van der Waals surface area contributed by atoms with Crippen LogP contribution < -0.4 is 10.6 Å². The number of hydrogen-bond donors (Lipinski definition) is 2. The number of halogens is 1. The largest absolute Gasteiger partial charge is 0.381 e. The highest BCUT2D eigenvalue weighted by atomic mass is 127. The van der Waals surface area contributed by atoms with Gasteiger partial charge in [0.05, 0.1) is 6.61 Å². The Bertz CT molecular complexity index is 375. The maximum absolute atomic E-state index is 5.49. The fourth-order valence-corrected chi connectivity index (χ4v) is 3.63. The number of piperidine rings is 1. The van der Waals surface area contributed by atoms with Crippen LogP contribution in [-0.2, 0) is 4.74 Å². The first-order valence-electron chi connectivity index (χ1n) is 9.68. The van der Waals surface area contributed by atoms with Crippen molar-refractivity contribution >= 4 is 29.9 Å². The second kappa shape index (κ2) is 10.8. The molecule has 2 aliphatic heterocycles. The highest BCUT2D eigenvalue weighted by molar-refractivity contribution is 14.0. The molecule has 3 aliphatic rings. The van der Waals surface area contributed by atoms with Crippen LogP contribution in [0.15, 0.2) is 4.99 Å². The standard InChI is InChI=1S/C18H34N4O.HI/c1-2-19-18(20-9-5-15-3-4-15)21-17-6-10-22(11-7-17)13-16-8-12-23-14-16;/h15-17H,2-14H2,1H3,(H2,19,20,21);1H. The third-order valence-corrected chi connectivity index (χ3v) is 5.32. The molecule has 5 nitrogen and oxygen atoms in total. The van der Waals surface area contributed by atoms with E-state index in [9.17, 15) is 0 Å². The van der Waals surface area contributed by atoms with Crippen molar-refractivity contribution in [3.63, 3.8) is 0 Å². The molecule has 0 aromatic carbocycles. The summed E-state index contributed by atoms with van der Waals surface area (Å²) in [5.41, 5.74) is 0. The van der Waals surface area contributed by atoms with Gasteiger partial charge in [-0.2, -0.15) is 0 Å². The van der Waals surface area contributed by atoms with Gasteiger partial charge in [-0.15, -0.1) is 24.0 Å². The molecule has 2 heterocycles. The lowest BCUT2D eigenvalue weighted by Crippen LogP contribution is -2.49. The van der Waals surface area contributed by atoms with Crippen LogP contribution in [0.4, 0.5) is 0 Å². The molecule has 2 N–H and O–H groups in total. The molecular formula is C18H35IN4O. The maximum Gasteiger partial charge on any atom is 0.191 e. The lowest BCUT2D eigenvalue weighted by Gasteiger charge is -2.34. The van der Waals surface area contributed by atoms with Gasteiger partial charge in [-0.3, -0.25) is 4.99 Å². The van der Waals surface area contributed by atoms with E-state index >= 15 is 0 Å². The number of likely N-dealkylation sites (tertiary alicyclic amines) is 1. The van der Waals surface area contributed by atoms with Gasteiger partial charge < -0.3 is 20.3 Å². The molecule has 0 bridgehead atoms.